The maximum absolute atomic E-state index is 13.1. The van der Waals surface area contributed by atoms with Crippen molar-refractivity contribution < 1.29 is 9.59 Å². The minimum absolute atomic E-state index is 0.0323. The Morgan fingerprint density at radius 1 is 0.886 bits per heavy atom. The second kappa shape index (κ2) is 9.43. The molecule has 0 aromatic carbocycles. The Bertz CT molecular complexity index is 831. The van der Waals surface area contributed by atoms with E-state index in [4.69, 9.17) is 11.6 Å². The molecule has 0 saturated heterocycles. The first-order valence-electron chi connectivity index (χ1n) is 15.0. The molecule has 0 spiro atoms. The van der Waals surface area contributed by atoms with Gasteiger partial charge in [-0.15, -0.1) is 0 Å². The molecule has 0 heterocycles. The lowest BCUT2D eigenvalue weighted by Crippen LogP contribution is -2.60. The fraction of sp³-hybridized carbons (Fsp3) is 0.938. The van der Waals surface area contributed by atoms with Crippen LogP contribution in [0.25, 0.3) is 0 Å². The summed E-state index contributed by atoms with van der Waals surface area (Å²) >= 11 is 6.53. The van der Waals surface area contributed by atoms with Gasteiger partial charge in [-0.05, 0) is 128 Å². The molecule has 9 atom stereocenters. The van der Waals surface area contributed by atoms with Gasteiger partial charge in [0.15, 0.2) is 0 Å². The lowest BCUT2D eigenvalue weighted by molar-refractivity contribution is -0.179. The number of fused-ring (bicyclic) bond motifs is 5. The van der Waals surface area contributed by atoms with Crippen LogP contribution in [0.2, 0.25) is 0 Å². The minimum atomic E-state index is -0.291. The van der Waals surface area contributed by atoms with Crippen molar-refractivity contribution in [1.29, 1.82) is 0 Å². The molecule has 4 rings (SSSR count). The van der Waals surface area contributed by atoms with Gasteiger partial charge in [-0.25, -0.2) is 0 Å². The summed E-state index contributed by atoms with van der Waals surface area (Å²) in [7, 11) is 0. The van der Waals surface area contributed by atoms with Crippen molar-refractivity contribution in [2.24, 2.45) is 63.1 Å². The molecule has 0 aliphatic heterocycles. The van der Waals surface area contributed by atoms with E-state index >= 15 is 0 Å². The first kappa shape index (κ1) is 27.7. The summed E-state index contributed by atoms with van der Waals surface area (Å²) in [5.74, 6) is 4.45. The van der Waals surface area contributed by atoms with Crippen molar-refractivity contribution in [2.75, 3.05) is 0 Å². The van der Waals surface area contributed by atoms with Crippen LogP contribution in [0.4, 0.5) is 0 Å². The summed E-state index contributed by atoms with van der Waals surface area (Å²) in [5, 5.41) is -0.0323. The van der Waals surface area contributed by atoms with Crippen LogP contribution in [-0.4, -0.2) is 11.0 Å². The number of Topliss-reactive ketones (excluding diaryl/α,β-unsaturated/α-hetero) is 1. The van der Waals surface area contributed by atoms with E-state index in [-0.39, 0.29) is 26.9 Å². The fourth-order valence-corrected chi connectivity index (χ4v) is 10.3. The Labute approximate surface area is 221 Å². The Hall–Kier alpha value is -0.370. The standard InChI is InChI=1S/C32H53ClO2/c1-20(2)22(4)24-15-17-32(28(33)35)19-18-31(8)25(27(24)32)13-12-23-10-9-11-26(34)29(5,6)21(3)14-16-30(23,31)7/h20-25,27H,9-19H2,1-8H3/t21?,22?,23-,24-,25?,27+,30+,31+,32-/m0/s1. The van der Waals surface area contributed by atoms with E-state index in [0.29, 0.717) is 47.2 Å². The Morgan fingerprint density at radius 2 is 1.57 bits per heavy atom. The van der Waals surface area contributed by atoms with Crippen LogP contribution in [0.3, 0.4) is 0 Å². The number of ketones is 1. The molecule has 4 aliphatic carbocycles. The van der Waals surface area contributed by atoms with Gasteiger partial charge in [0.1, 0.15) is 5.78 Å². The monoisotopic (exact) mass is 504 g/mol. The summed E-state index contributed by atoms with van der Waals surface area (Å²) in [6, 6.07) is 0. The molecular formula is C32H53ClO2. The van der Waals surface area contributed by atoms with Crippen LogP contribution in [-0.2, 0) is 9.59 Å². The first-order valence-corrected chi connectivity index (χ1v) is 15.3. The maximum Gasteiger partial charge on any atom is 0.228 e. The first-order chi connectivity index (χ1) is 16.2. The van der Waals surface area contributed by atoms with Gasteiger partial charge in [0.05, 0.1) is 0 Å². The van der Waals surface area contributed by atoms with E-state index in [2.05, 4.69) is 55.4 Å². The quantitative estimate of drug-likeness (QED) is 0.359. The van der Waals surface area contributed by atoms with Gasteiger partial charge in [0.25, 0.3) is 0 Å². The van der Waals surface area contributed by atoms with E-state index in [1.165, 1.54) is 32.1 Å². The number of carbonyl (C=O) groups is 2. The van der Waals surface area contributed by atoms with E-state index in [1.54, 1.807) is 0 Å². The highest BCUT2D eigenvalue weighted by Crippen LogP contribution is 2.73. The number of hydrogen-bond donors (Lipinski definition) is 0. The van der Waals surface area contributed by atoms with E-state index in [1.807, 2.05) is 0 Å². The summed E-state index contributed by atoms with van der Waals surface area (Å²) in [6.45, 7) is 19.1. The van der Waals surface area contributed by atoms with E-state index in [0.717, 1.165) is 38.5 Å². The fourth-order valence-electron chi connectivity index (χ4n) is 9.94. The molecule has 2 nitrogen and oxygen atoms in total. The number of hydrogen-bond acceptors (Lipinski definition) is 2. The topological polar surface area (TPSA) is 34.1 Å². The molecular weight excluding hydrogens is 452 g/mol. The predicted octanol–water partition coefficient (Wildman–Crippen LogP) is 9.08. The third-order valence-corrected chi connectivity index (χ3v) is 13.9. The van der Waals surface area contributed by atoms with Crippen LogP contribution in [0.5, 0.6) is 0 Å². The summed E-state index contributed by atoms with van der Waals surface area (Å²) in [5.41, 5.74) is -0.0201. The van der Waals surface area contributed by atoms with Crippen molar-refractivity contribution in [3.63, 3.8) is 0 Å². The molecule has 0 N–H and O–H groups in total. The van der Waals surface area contributed by atoms with Gasteiger partial charge in [0.2, 0.25) is 5.24 Å². The predicted molar refractivity (Wildman–Crippen MR) is 146 cm³/mol. The van der Waals surface area contributed by atoms with Gasteiger partial charge in [-0.3, -0.25) is 9.59 Å². The summed E-state index contributed by atoms with van der Waals surface area (Å²) < 4.78 is 0. The average Bonchev–Trinajstić information content (AvgIpc) is 3.19. The number of carbonyl (C=O) groups excluding carboxylic acids is 2. The summed E-state index contributed by atoms with van der Waals surface area (Å²) in [6.07, 6.45) is 12.1. The highest BCUT2D eigenvalue weighted by atomic mass is 35.5. The lowest BCUT2D eigenvalue weighted by atomic mass is 9.38. The maximum atomic E-state index is 13.1. The third kappa shape index (κ3) is 4.10. The Balaban J connectivity index is 1.74. The van der Waals surface area contributed by atoms with Gasteiger partial charge >= 0.3 is 0 Å². The zero-order valence-corrected chi connectivity index (χ0v) is 24.8. The highest BCUT2D eigenvalue weighted by molar-refractivity contribution is 6.64. The van der Waals surface area contributed by atoms with Crippen molar-refractivity contribution in [3.8, 4) is 0 Å². The average molecular weight is 505 g/mol. The van der Waals surface area contributed by atoms with Gasteiger partial charge in [-0.2, -0.15) is 0 Å². The van der Waals surface area contributed by atoms with Crippen LogP contribution >= 0.6 is 11.6 Å². The summed E-state index contributed by atoms with van der Waals surface area (Å²) in [4.78, 5) is 26.2. The second-order valence-corrected chi connectivity index (χ2v) is 15.3. The van der Waals surface area contributed by atoms with Crippen molar-refractivity contribution in [1.82, 2.24) is 0 Å². The van der Waals surface area contributed by atoms with Crippen LogP contribution in [0.15, 0.2) is 0 Å². The zero-order chi connectivity index (χ0) is 26.0. The molecule has 0 amide bonds. The number of halogens is 1. The molecule has 3 unspecified atom stereocenters. The smallest absolute Gasteiger partial charge is 0.228 e. The Morgan fingerprint density at radius 3 is 2.20 bits per heavy atom. The largest absolute Gasteiger partial charge is 0.299 e. The van der Waals surface area contributed by atoms with Crippen LogP contribution < -0.4 is 0 Å². The molecule has 4 aliphatic rings. The van der Waals surface area contributed by atoms with E-state index in [9.17, 15) is 9.59 Å². The van der Waals surface area contributed by atoms with Gasteiger partial charge in [0, 0.05) is 17.3 Å². The van der Waals surface area contributed by atoms with Crippen LogP contribution in [0, 0.1) is 63.1 Å². The Kier molecular flexibility index (Phi) is 7.45. The molecule has 0 radical (unpaired) electrons. The molecule has 200 valence electrons. The van der Waals surface area contributed by atoms with Crippen molar-refractivity contribution >= 4 is 22.6 Å². The zero-order valence-electron chi connectivity index (χ0n) is 24.0. The SMILES string of the molecule is CC(C)C(C)[C@@H]1CC[C@]2(C(=O)Cl)CC[C@]3(C)C(CC[C@@H]4CCCC(=O)C(C)(C)C(C)CC[C@]43C)[C@@H]12. The lowest BCUT2D eigenvalue weighted by Gasteiger charge is -2.66. The van der Waals surface area contributed by atoms with Crippen LogP contribution in [0.1, 0.15) is 126 Å². The molecule has 4 saturated carbocycles. The van der Waals surface area contributed by atoms with Crippen molar-refractivity contribution in [2.45, 2.75) is 126 Å². The van der Waals surface area contributed by atoms with Crippen molar-refractivity contribution in [3.05, 3.63) is 0 Å². The normalized spacial score (nSPS) is 46.9. The third-order valence-electron chi connectivity index (χ3n) is 13.5. The molecule has 4 fully saturated rings. The molecule has 0 bridgehead atoms. The van der Waals surface area contributed by atoms with Gasteiger partial charge in [-0.1, -0.05) is 55.4 Å². The molecule has 3 heteroatoms. The molecule has 35 heavy (non-hydrogen) atoms. The second-order valence-electron chi connectivity index (χ2n) is 15.0. The minimum Gasteiger partial charge on any atom is -0.299 e. The molecule has 0 aromatic heterocycles. The van der Waals surface area contributed by atoms with E-state index < -0.39 is 0 Å². The van der Waals surface area contributed by atoms with Gasteiger partial charge < -0.3 is 0 Å². The molecule has 0 aromatic rings. The highest BCUT2D eigenvalue weighted by Gasteiger charge is 2.67. The number of rotatable bonds is 3.